The van der Waals surface area contributed by atoms with Gasteiger partial charge in [-0.2, -0.15) is 0 Å². The topological polar surface area (TPSA) is 41.7 Å². The van der Waals surface area contributed by atoms with Crippen LogP contribution in [-0.2, 0) is 4.74 Å². The van der Waals surface area contributed by atoms with Crippen LogP contribution >= 0.6 is 0 Å². The summed E-state index contributed by atoms with van der Waals surface area (Å²) in [4.78, 5) is 4.88. The van der Waals surface area contributed by atoms with Crippen molar-refractivity contribution in [1.29, 1.82) is 0 Å². The van der Waals surface area contributed by atoms with E-state index in [1.54, 1.807) is 0 Å². The van der Waals surface area contributed by atoms with Gasteiger partial charge < -0.3 is 20.3 Å². The third-order valence-electron chi connectivity index (χ3n) is 3.03. The van der Waals surface area contributed by atoms with Crippen LogP contribution in [0.15, 0.2) is 0 Å². The van der Waals surface area contributed by atoms with E-state index in [1.165, 1.54) is 26.2 Å². The first-order chi connectivity index (χ1) is 7.26. The highest BCUT2D eigenvalue weighted by Gasteiger charge is 2.15. The van der Waals surface area contributed by atoms with Crippen molar-refractivity contribution in [3.05, 3.63) is 0 Å². The predicted molar refractivity (Wildman–Crippen MR) is 63.0 cm³/mol. The fraction of sp³-hybridized carbons (Fsp3) is 1.00. The number of hydrogen-bond acceptors (Lipinski definition) is 4. The van der Waals surface area contributed by atoms with E-state index in [0.717, 1.165) is 19.6 Å². The fourth-order valence-electron chi connectivity index (χ4n) is 1.90. The minimum absolute atomic E-state index is 0.245. The lowest BCUT2D eigenvalue weighted by atomic mass is 10.2. The Morgan fingerprint density at radius 2 is 1.93 bits per heavy atom. The summed E-state index contributed by atoms with van der Waals surface area (Å²) in [6.45, 7) is 9.28. The molecular weight excluding hydrogens is 190 g/mol. The molecule has 0 aromatic rings. The molecule has 1 aliphatic rings. The van der Waals surface area contributed by atoms with Crippen LogP contribution in [0.2, 0.25) is 0 Å². The van der Waals surface area contributed by atoms with Crippen LogP contribution in [0, 0.1) is 0 Å². The molecule has 0 spiro atoms. The third-order valence-corrected chi connectivity index (χ3v) is 3.03. The summed E-state index contributed by atoms with van der Waals surface area (Å²) in [6, 6.07) is 0. The maximum absolute atomic E-state index is 5.64. The van der Waals surface area contributed by atoms with Crippen molar-refractivity contribution in [1.82, 2.24) is 9.80 Å². The highest BCUT2D eigenvalue weighted by molar-refractivity contribution is 4.71. The monoisotopic (exact) mass is 215 g/mol. The SMILES string of the molecule is CCOC(CN)CCN1CCN(C)CC1. The molecule has 1 atom stereocenters. The standard InChI is InChI=1S/C11H25N3O/c1-3-15-11(10-12)4-5-14-8-6-13(2)7-9-14/h11H,3-10,12H2,1-2H3. The van der Waals surface area contributed by atoms with Gasteiger partial charge in [-0.3, -0.25) is 0 Å². The Kier molecular flexibility index (Phi) is 6.17. The average Bonchev–Trinajstić information content (AvgIpc) is 2.26. The van der Waals surface area contributed by atoms with Gasteiger partial charge in [0.25, 0.3) is 0 Å². The molecule has 0 saturated carbocycles. The highest BCUT2D eigenvalue weighted by Crippen LogP contribution is 2.03. The fourth-order valence-corrected chi connectivity index (χ4v) is 1.90. The molecule has 0 amide bonds. The second-order valence-electron chi connectivity index (χ2n) is 4.25. The first kappa shape index (κ1) is 12.9. The lowest BCUT2D eigenvalue weighted by Crippen LogP contribution is -2.45. The van der Waals surface area contributed by atoms with Crippen molar-refractivity contribution in [3.63, 3.8) is 0 Å². The van der Waals surface area contributed by atoms with Crippen molar-refractivity contribution >= 4 is 0 Å². The van der Waals surface area contributed by atoms with Gasteiger partial charge in [-0.15, -0.1) is 0 Å². The minimum atomic E-state index is 0.245. The van der Waals surface area contributed by atoms with Gasteiger partial charge in [0.15, 0.2) is 0 Å². The molecule has 0 aromatic carbocycles. The Morgan fingerprint density at radius 3 is 2.47 bits per heavy atom. The first-order valence-electron chi connectivity index (χ1n) is 5.98. The molecule has 1 heterocycles. The van der Waals surface area contributed by atoms with Crippen LogP contribution in [0.5, 0.6) is 0 Å². The zero-order chi connectivity index (χ0) is 11.1. The molecule has 1 aliphatic heterocycles. The van der Waals surface area contributed by atoms with Crippen molar-refractivity contribution in [2.45, 2.75) is 19.4 Å². The number of nitrogens with two attached hydrogens (primary N) is 1. The number of likely N-dealkylation sites (N-methyl/N-ethyl adjacent to an activating group) is 1. The van der Waals surface area contributed by atoms with Crippen LogP contribution in [0.4, 0.5) is 0 Å². The Bertz CT molecular complexity index is 158. The summed E-state index contributed by atoms with van der Waals surface area (Å²) >= 11 is 0. The van der Waals surface area contributed by atoms with E-state index >= 15 is 0 Å². The Morgan fingerprint density at radius 1 is 1.27 bits per heavy atom. The van der Waals surface area contributed by atoms with Crippen LogP contribution < -0.4 is 5.73 Å². The van der Waals surface area contributed by atoms with Gasteiger partial charge >= 0.3 is 0 Å². The molecule has 2 N–H and O–H groups in total. The van der Waals surface area contributed by atoms with Gasteiger partial charge in [-0.1, -0.05) is 0 Å². The van der Waals surface area contributed by atoms with Gasteiger partial charge in [0.1, 0.15) is 0 Å². The molecular formula is C11H25N3O. The molecule has 1 unspecified atom stereocenters. The van der Waals surface area contributed by atoms with Crippen molar-refractivity contribution in [2.24, 2.45) is 5.73 Å². The van der Waals surface area contributed by atoms with Gasteiger partial charge in [0, 0.05) is 45.9 Å². The van der Waals surface area contributed by atoms with Gasteiger partial charge in [-0.05, 0) is 20.4 Å². The number of nitrogens with zero attached hydrogens (tertiary/aromatic N) is 2. The van der Waals surface area contributed by atoms with Crippen LogP contribution in [0.1, 0.15) is 13.3 Å². The highest BCUT2D eigenvalue weighted by atomic mass is 16.5. The van der Waals surface area contributed by atoms with Crippen LogP contribution in [-0.4, -0.2) is 68.8 Å². The quantitative estimate of drug-likeness (QED) is 0.676. The lowest BCUT2D eigenvalue weighted by molar-refractivity contribution is 0.0490. The summed E-state index contributed by atoms with van der Waals surface area (Å²) in [7, 11) is 2.18. The summed E-state index contributed by atoms with van der Waals surface area (Å²) in [5, 5.41) is 0. The Balaban J connectivity index is 2.12. The minimum Gasteiger partial charge on any atom is -0.377 e. The number of ether oxygens (including phenoxy) is 1. The van der Waals surface area contributed by atoms with E-state index in [1.807, 2.05) is 6.92 Å². The molecule has 4 nitrogen and oxygen atoms in total. The third kappa shape index (κ3) is 4.93. The normalized spacial score (nSPS) is 21.8. The van der Waals surface area contributed by atoms with Crippen molar-refractivity contribution < 1.29 is 4.74 Å². The van der Waals surface area contributed by atoms with E-state index in [9.17, 15) is 0 Å². The van der Waals surface area contributed by atoms with E-state index in [0.29, 0.717) is 6.54 Å². The molecule has 90 valence electrons. The summed E-state index contributed by atoms with van der Waals surface area (Å²) < 4.78 is 5.54. The van der Waals surface area contributed by atoms with Crippen molar-refractivity contribution in [2.75, 3.05) is 52.9 Å². The van der Waals surface area contributed by atoms with Gasteiger partial charge in [-0.25, -0.2) is 0 Å². The first-order valence-corrected chi connectivity index (χ1v) is 5.98. The number of rotatable bonds is 6. The summed E-state index contributed by atoms with van der Waals surface area (Å²) in [6.07, 6.45) is 1.31. The molecule has 0 bridgehead atoms. The largest absolute Gasteiger partial charge is 0.377 e. The predicted octanol–water partition coefficient (Wildman–Crippen LogP) is -0.0123. The zero-order valence-corrected chi connectivity index (χ0v) is 10.1. The van der Waals surface area contributed by atoms with E-state index in [-0.39, 0.29) is 6.10 Å². The smallest absolute Gasteiger partial charge is 0.0709 e. The Labute approximate surface area is 93.4 Å². The lowest BCUT2D eigenvalue weighted by Gasteiger charge is -2.33. The Hall–Kier alpha value is -0.160. The van der Waals surface area contributed by atoms with Gasteiger partial charge in [0.2, 0.25) is 0 Å². The molecule has 0 aromatic heterocycles. The van der Waals surface area contributed by atoms with Crippen LogP contribution in [0.3, 0.4) is 0 Å². The molecule has 15 heavy (non-hydrogen) atoms. The number of piperazine rings is 1. The van der Waals surface area contributed by atoms with E-state index in [2.05, 4.69) is 16.8 Å². The summed E-state index contributed by atoms with van der Waals surface area (Å²) in [5.74, 6) is 0. The van der Waals surface area contributed by atoms with Gasteiger partial charge in [0.05, 0.1) is 6.10 Å². The molecule has 0 aliphatic carbocycles. The van der Waals surface area contributed by atoms with Crippen molar-refractivity contribution in [3.8, 4) is 0 Å². The molecule has 1 fully saturated rings. The molecule has 1 rings (SSSR count). The molecule has 1 saturated heterocycles. The van der Waals surface area contributed by atoms with Crippen LogP contribution in [0.25, 0.3) is 0 Å². The molecule has 4 heteroatoms. The molecule has 0 radical (unpaired) electrons. The number of hydrogen-bond donors (Lipinski definition) is 1. The maximum atomic E-state index is 5.64. The maximum Gasteiger partial charge on any atom is 0.0709 e. The van der Waals surface area contributed by atoms with E-state index in [4.69, 9.17) is 10.5 Å². The zero-order valence-electron chi connectivity index (χ0n) is 10.1. The second kappa shape index (κ2) is 7.17. The average molecular weight is 215 g/mol. The van der Waals surface area contributed by atoms with E-state index < -0.39 is 0 Å². The second-order valence-corrected chi connectivity index (χ2v) is 4.25. The summed E-state index contributed by atoms with van der Waals surface area (Å²) in [5.41, 5.74) is 5.64.